The summed E-state index contributed by atoms with van der Waals surface area (Å²) in [4.78, 5) is 12.2. The monoisotopic (exact) mass is 253 g/mol. The quantitative estimate of drug-likeness (QED) is 0.808. The van der Waals surface area contributed by atoms with E-state index in [9.17, 15) is 9.90 Å². The van der Waals surface area contributed by atoms with Crippen molar-refractivity contribution in [1.82, 2.24) is 5.32 Å². The van der Waals surface area contributed by atoms with E-state index in [0.29, 0.717) is 12.5 Å². The maximum atomic E-state index is 12.2. The Kier molecular flexibility index (Phi) is 4.66. The largest absolute Gasteiger partial charge is 0.396 e. The molecule has 2 rings (SSSR count). The van der Waals surface area contributed by atoms with Crippen molar-refractivity contribution >= 4 is 5.91 Å². The number of hydrogen-bond acceptors (Lipinski definition) is 2. The van der Waals surface area contributed by atoms with Gasteiger partial charge in [0.1, 0.15) is 0 Å². The number of nitrogens with one attached hydrogen (secondary N) is 1. The lowest BCUT2D eigenvalue weighted by Gasteiger charge is -2.36. The van der Waals surface area contributed by atoms with Gasteiger partial charge >= 0.3 is 0 Å². The van der Waals surface area contributed by atoms with Crippen molar-refractivity contribution in [1.29, 1.82) is 0 Å². The second-order valence-electron chi connectivity index (χ2n) is 6.45. The Morgan fingerprint density at radius 2 is 1.94 bits per heavy atom. The number of amides is 1. The zero-order valence-electron chi connectivity index (χ0n) is 11.6. The third-order valence-corrected chi connectivity index (χ3v) is 5.09. The van der Waals surface area contributed by atoms with Gasteiger partial charge in [-0.2, -0.15) is 0 Å². The lowest BCUT2D eigenvalue weighted by atomic mass is 9.74. The van der Waals surface area contributed by atoms with Crippen molar-refractivity contribution in [3.63, 3.8) is 0 Å². The van der Waals surface area contributed by atoms with Gasteiger partial charge in [-0.1, -0.05) is 32.6 Å². The predicted octanol–water partition coefficient (Wildman–Crippen LogP) is 2.48. The van der Waals surface area contributed by atoms with Gasteiger partial charge in [-0.25, -0.2) is 0 Å². The fourth-order valence-electron chi connectivity index (χ4n) is 3.63. The molecule has 2 aliphatic carbocycles. The van der Waals surface area contributed by atoms with Gasteiger partial charge in [0.25, 0.3) is 0 Å². The molecule has 2 fully saturated rings. The summed E-state index contributed by atoms with van der Waals surface area (Å²) in [6, 6.07) is 0. The van der Waals surface area contributed by atoms with Crippen LogP contribution in [0.4, 0.5) is 0 Å². The average molecular weight is 253 g/mol. The zero-order chi connectivity index (χ0) is 13.0. The maximum absolute atomic E-state index is 12.2. The van der Waals surface area contributed by atoms with Crippen molar-refractivity contribution < 1.29 is 9.90 Å². The Bertz CT molecular complexity index is 284. The van der Waals surface area contributed by atoms with Crippen molar-refractivity contribution in [2.75, 3.05) is 13.2 Å². The van der Waals surface area contributed by atoms with E-state index in [4.69, 9.17) is 0 Å². The molecule has 3 nitrogen and oxygen atoms in total. The second-order valence-corrected chi connectivity index (χ2v) is 6.45. The highest BCUT2D eigenvalue weighted by Crippen LogP contribution is 2.36. The first-order valence-electron chi connectivity index (χ1n) is 7.55. The fraction of sp³-hybridized carbons (Fsp3) is 0.933. The molecule has 0 bridgehead atoms. The van der Waals surface area contributed by atoms with Gasteiger partial charge < -0.3 is 10.4 Å². The Labute approximate surface area is 110 Å². The van der Waals surface area contributed by atoms with Crippen molar-refractivity contribution in [2.24, 2.45) is 17.3 Å². The molecule has 1 amide bonds. The standard InChI is InChI=1S/C15H27NO2/c1-12-6-5-7-13(12)14(18)16-10-15(11-17)8-3-2-4-9-15/h12-13,17H,2-11H2,1H3,(H,16,18). The number of carbonyl (C=O) groups is 1. The van der Waals surface area contributed by atoms with Crippen LogP contribution in [0.2, 0.25) is 0 Å². The van der Waals surface area contributed by atoms with Crippen molar-refractivity contribution in [3.8, 4) is 0 Å². The minimum atomic E-state index is -0.0320. The first-order valence-corrected chi connectivity index (χ1v) is 7.55. The molecular formula is C15H27NO2. The smallest absolute Gasteiger partial charge is 0.223 e. The molecule has 0 saturated heterocycles. The molecule has 2 aliphatic rings. The summed E-state index contributed by atoms with van der Waals surface area (Å²) in [5.41, 5.74) is -0.0320. The van der Waals surface area contributed by atoms with E-state index < -0.39 is 0 Å². The van der Waals surface area contributed by atoms with Gasteiger partial charge in [0.2, 0.25) is 5.91 Å². The van der Waals surface area contributed by atoms with E-state index >= 15 is 0 Å². The molecule has 0 aromatic heterocycles. The van der Waals surface area contributed by atoms with Crippen LogP contribution in [0.15, 0.2) is 0 Å². The molecule has 0 spiro atoms. The Morgan fingerprint density at radius 1 is 1.22 bits per heavy atom. The summed E-state index contributed by atoms with van der Waals surface area (Å²) in [6.45, 7) is 3.07. The number of carbonyl (C=O) groups excluding carboxylic acids is 1. The van der Waals surface area contributed by atoms with Crippen LogP contribution < -0.4 is 5.32 Å². The fourth-order valence-corrected chi connectivity index (χ4v) is 3.63. The summed E-state index contributed by atoms with van der Waals surface area (Å²) in [5, 5.41) is 12.7. The topological polar surface area (TPSA) is 49.3 Å². The summed E-state index contributed by atoms with van der Waals surface area (Å²) in [6.07, 6.45) is 9.18. The molecule has 2 saturated carbocycles. The van der Waals surface area contributed by atoms with Crippen LogP contribution in [0.5, 0.6) is 0 Å². The summed E-state index contributed by atoms with van der Waals surface area (Å²) in [7, 11) is 0. The highest BCUT2D eigenvalue weighted by atomic mass is 16.3. The zero-order valence-corrected chi connectivity index (χ0v) is 11.6. The second kappa shape index (κ2) is 6.05. The first-order chi connectivity index (χ1) is 8.67. The normalized spacial score (nSPS) is 31.2. The van der Waals surface area contributed by atoms with E-state index in [-0.39, 0.29) is 23.8 Å². The molecule has 0 radical (unpaired) electrons. The summed E-state index contributed by atoms with van der Waals surface area (Å²) >= 11 is 0. The summed E-state index contributed by atoms with van der Waals surface area (Å²) < 4.78 is 0. The van der Waals surface area contributed by atoms with Crippen LogP contribution in [0, 0.1) is 17.3 Å². The molecule has 2 N–H and O–H groups in total. The molecule has 18 heavy (non-hydrogen) atoms. The van der Waals surface area contributed by atoms with E-state index in [1.165, 1.54) is 32.1 Å². The summed E-state index contributed by atoms with van der Waals surface area (Å²) in [5.74, 6) is 0.962. The number of hydrogen-bond donors (Lipinski definition) is 2. The van der Waals surface area contributed by atoms with Crippen molar-refractivity contribution in [3.05, 3.63) is 0 Å². The van der Waals surface area contributed by atoms with E-state index in [0.717, 1.165) is 19.3 Å². The van der Waals surface area contributed by atoms with Gasteiger partial charge in [0.05, 0.1) is 6.61 Å². The molecule has 2 atom stereocenters. The van der Waals surface area contributed by atoms with Crippen molar-refractivity contribution in [2.45, 2.75) is 58.3 Å². The molecule has 0 aromatic carbocycles. The van der Waals surface area contributed by atoms with Gasteiger partial charge in [-0.3, -0.25) is 4.79 Å². The highest BCUT2D eigenvalue weighted by molar-refractivity contribution is 5.79. The molecule has 0 aliphatic heterocycles. The van der Waals surface area contributed by atoms with Gasteiger partial charge in [-0.15, -0.1) is 0 Å². The Balaban J connectivity index is 1.83. The molecule has 0 aromatic rings. The van der Waals surface area contributed by atoms with Crippen LogP contribution >= 0.6 is 0 Å². The van der Waals surface area contributed by atoms with Gasteiger partial charge in [0.15, 0.2) is 0 Å². The molecule has 0 heterocycles. The highest BCUT2D eigenvalue weighted by Gasteiger charge is 2.34. The number of aliphatic hydroxyl groups excluding tert-OH is 1. The third-order valence-electron chi connectivity index (χ3n) is 5.09. The van der Waals surface area contributed by atoms with Crippen LogP contribution in [0.1, 0.15) is 58.3 Å². The third kappa shape index (κ3) is 3.05. The Hall–Kier alpha value is -0.570. The lowest BCUT2D eigenvalue weighted by molar-refractivity contribution is -0.126. The molecular weight excluding hydrogens is 226 g/mol. The lowest BCUT2D eigenvalue weighted by Crippen LogP contribution is -2.43. The molecule has 3 heteroatoms. The predicted molar refractivity (Wildman–Crippen MR) is 72.1 cm³/mol. The van der Waals surface area contributed by atoms with Crippen LogP contribution in [0.25, 0.3) is 0 Å². The van der Waals surface area contributed by atoms with Crippen LogP contribution in [-0.4, -0.2) is 24.2 Å². The number of aliphatic hydroxyl groups is 1. The van der Waals surface area contributed by atoms with E-state index in [1.807, 2.05) is 0 Å². The molecule has 104 valence electrons. The average Bonchev–Trinajstić information content (AvgIpc) is 2.83. The minimum absolute atomic E-state index is 0.0320. The van der Waals surface area contributed by atoms with Gasteiger partial charge in [-0.05, 0) is 31.6 Å². The van der Waals surface area contributed by atoms with Gasteiger partial charge in [0, 0.05) is 17.9 Å². The van der Waals surface area contributed by atoms with E-state index in [2.05, 4.69) is 12.2 Å². The Morgan fingerprint density at radius 3 is 2.50 bits per heavy atom. The van der Waals surface area contributed by atoms with Crippen LogP contribution in [-0.2, 0) is 4.79 Å². The minimum Gasteiger partial charge on any atom is -0.396 e. The molecule has 2 unspecified atom stereocenters. The SMILES string of the molecule is CC1CCCC1C(=O)NCC1(CO)CCCCC1. The van der Waals surface area contributed by atoms with E-state index in [1.54, 1.807) is 0 Å². The number of rotatable bonds is 4. The first kappa shape index (κ1) is 13.9. The van der Waals surface area contributed by atoms with Crippen LogP contribution in [0.3, 0.4) is 0 Å². The maximum Gasteiger partial charge on any atom is 0.223 e.